The van der Waals surface area contributed by atoms with E-state index in [0.717, 1.165) is 6.07 Å². The van der Waals surface area contributed by atoms with Crippen LogP contribution in [0.5, 0.6) is 0 Å². The Labute approximate surface area is 58.8 Å². The highest BCUT2D eigenvalue weighted by molar-refractivity contribution is 5.04. The van der Waals surface area contributed by atoms with Crippen LogP contribution in [-0.4, -0.2) is 0 Å². The lowest BCUT2D eigenvalue weighted by molar-refractivity contribution is 0.583. The molecule has 54 valence electrons. The summed E-state index contributed by atoms with van der Waals surface area (Å²) in [5, 5.41) is 0. The van der Waals surface area contributed by atoms with E-state index in [1.54, 1.807) is 0 Å². The summed E-state index contributed by atoms with van der Waals surface area (Å²) in [4.78, 5) is 0. The predicted molar refractivity (Wildman–Crippen MR) is 37.6 cm³/mol. The summed E-state index contributed by atoms with van der Waals surface area (Å²) in [6, 6.07) is 4.55. The van der Waals surface area contributed by atoms with Crippen molar-refractivity contribution < 1.29 is 8.78 Å². The molecular formula is C8H8F2. The number of rotatable bonds is 0. The molecule has 0 aliphatic heterocycles. The van der Waals surface area contributed by atoms with Crippen molar-refractivity contribution in [3.63, 3.8) is 0 Å². The van der Waals surface area contributed by atoms with E-state index < -0.39 is 11.6 Å². The van der Waals surface area contributed by atoms with Crippen LogP contribution in [0.2, 0.25) is 0 Å². The van der Waals surface area contributed by atoms with Gasteiger partial charge in [0, 0.05) is 6.07 Å². The van der Waals surface area contributed by atoms with Gasteiger partial charge in [0.15, 0.2) is 0 Å². The highest BCUT2D eigenvalue weighted by Crippen LogP contribution is 1.99. The van der Waals surface area contributed by atoms with Crippen LogP contribution in [-0.2, 0) is 0 Å². The van der Waals surface area contributed by atoms with Gasteiger partial charge in [-0.3, -0.25) is 0 Å². The van der Waals surface area contributed by atoms with Crippen molar-refractivity contribution >= 4 is 0 Å². The molecule has 10 heavy (non-hydrogen) atoms. The molecule has 0 unspecified atom stereocenters. The van der Waals surface area contributed by atoms with Crippen molar-refractivity contribution in [3.8, 4) is 0 Å². The maximum Gasteiger partial charge on any atom is 0.126 e. The summed E-state index contributed by atoms with van der Waals surface area (Å²) in [5.41, 5.74) is 0. The molecule has 1 rings (SSSR count). The van der Waals surface area contributed by atoms with E-state index in [9.17, 15) is 8.78 Å². The fourth-order valence-electron chi connectivity index (χ4n) is 0.460. The molecule has 0 spiro atoms. The molecule has 1 aromatic rings. The lowest BCUT2D eigenvalue weighted by Crippen LogP contribution is -1.73. The maximum absolute atomic E-state index is 11.9. The maximum atomic E-state index is 11.9. The van der Waals surface area contributed by atoms with E-state index in [0.29, 0.717) is 0 Å². The SMILES string of the molecule is C=C.Fc1cccc(F)c1. The zero-order valence-electron chi connectivity index (χ0n) is 5.48. The first-order valence-corrected chi connectivity index (χ1v) is 2.70. The second-order valence-electron chi connectivity index (χ2n) is 1.44. The van der Waals surface area contributed by atoms with Gasteiger partial charge in [-0.2, -0.15) is 0 Å². The Bertz CT molecular complexity index is 179. The van der Waals surface area contributed by atoms with Crippen LogP contribution >= 0.6 is 0 Å². The third-order valence-corrected chi connectivity index (χ3v) is 0.787. The first kappa shape index (κ1) is 8.82. The highest BCUT2D eigenvalue weighted by atomic mass is 19.1. The molecule has 0 nitrogen and oxygen atoms in total. The van der Waals surface area contributed by atoms with Gasteiger partial charge in [0.2, 0.25) is 0 Å². The van der Waals surface area contributed by atoms with Crippen molar-refractivity contribution in [3.05, 3.63) is 49.1 Å². The van der Waals surface area contributed by atoms with Crippen LogP contribution in [0.1, 0.15) is 0 Å². The molecule has 0 fully saturated rings. The Morgan fingerprint density at radius 2 is 1.40 bits per heavy atom. The van der Waals surface area contributed by atoms with E-state index in [1.165, 1.54) is 18.2 Å². The molecule has 2 heteroatoms. The van der Waals surface area contributed by atoms with Crippen LogP contribution in [0, 0.1) is 11.6 Å². The van der Waals surface area contributed by atoms with Crippen LogP contribution in [0.4, 0.5) is 8.78 Å². The van der Waals surface area contributed by atoms with E-state index in [-0.39, 0.29) is 0 Å². The standard InChI is InChI=1S/C6H4F2.C2H4/c7-5-2-1-3-6(8)4-5;1-2/h1-4H;1-2H2. The fraction of sp³-hybridized carbons (Fsp3) is 0. The molecule has 0 radical (unpaired) electrons. The van der Waals surface area contributed by atoms with Gasteiger partial charge < -0.3 is 0 Å². The molecule has 0 N–H and O–H groups in total. The molecule has 0 saturated heterocycles. The van der Waals surface area contributed by atoms with Crippen molar-refractivity contribution in [2.24, 2.45) is 0 Å². The minimum Gasteiger partial charge on any atom is -0.207 e. The zero-order chi connectivity index (χ0) is 7.98. The lowest BCUT2D eigenvalue weighted by atomic mass is 10.3. The molecule has 0 atom stereocenters. The van der Waals surface area contributed by atoms with Crippen molar-refractivity contribution in [1.82, 2.24) is 0 Å². The third kappa shape index (κ3) is 2.97. The zero-order valence-corrected chi connectivity index (χ0v) is 5.48. The molecule has 0 bridgehead atoms. The first-order chi connectivity index (χ1) is 4.79. The lowest BCUT2D eigenvalue weighted by Gasteiger charge is -1.84. The molecule has 0 aliphatic carbocycles. The number of benzene rings is 1. The normalized spacial score (nSPS) is 7.80. The van der Waals surface area contributed by atoms with Crippen LogP contribution in [0.3, 0.4) is 0 Å². The Morgan fingerprint density at radius 3 is 1.60 bits per heavy atom. The number of halogens is 2. The van der Waals surface area contributed by atoms with Crippen molar-refractivity contribution in [1.29, 1.82) is 0 Å². The second-order valence-corrected chi connectivity index (χ2v) is 1.44. The molecule has 0 heterocycles. The minimum absolute atomic E-state index is 0.537. The Kier molecular flexibility index (Phi) is 4.12. The molecule has 0 saturated carbocycles. The summed E-state index contributed by atoms with van der Waals surface area (Å²) in [7, 11) is 0. The average molecular weight is 142 g/mol. The largest absolute Gasteiger partial charge is 0.207 e. The van der Waals surface area contributed by atoms with Gasteiger partial charge in [0.05, 0.1) is 0 Å². The molecular weight excluding hydrogens is 134 g/mol. The summed E-state index contributed by atoms with van der Waals surface area (Å²) in [5.74, 6) is -1.07. The minimum atomic E-state index is -0.537. The molecule has 1 aromatic carbocycles. The average Bonchev–Trinajstić information content (AvgIpc) is 1.91. The predicted octanol–water partition coefficient (Wildman–Crippen LogP) is 2.77. The van der Waals surface area contributed by atoms with Gasteiger partial charge >= 0.3 is 0 Å². The number of hydrogen-bond acceptors (Lipinski definition) is 0. The smallest absolute Gasteiger partial charge is 0.126 e. The summed E-state index contributed by atoms with van der Waals surface area (Å²) < 4.78 is 23.9. The van der Waals surface area contributed by atoms with E-state index in [2.05, 4.69) is 13.2 Å². The van der Waals surface area contributed by atoms with Crippen molar-refractivity contribution in [2.45, 2.75) is 0 Å². The van der Waals surface area contributed by atoms with Gasteiger partial charge in [0.1, 0.15) is 11.6 Å². The van der Waals surface area contributed by atoms with Gasteiger partial charge in [-0.1, -0.05) is 6.07 Å². The van der Waals surface area contributed by atoms with Gasteiger partial charge in [0.25, 0.3) is 0 Å². The van der Waals surface area contributed by atoms with Crippen molar-refractivity contribution in [2.75, 3.05) is 0 Å². The Hall–Kier alpha value is -1.18. The van der Waals surface area contributed by atoms with Crippen LogP contribution < -0.4 is 0 Å². The van der Waals surface area contributed by atoms with Crippen LogP contribution in [0.25, 0.3) is 0 Å². The van der Waals surface area contributed by atoms with E-state index in [1.807, 2.05) is 0 Å². The molecule has 0 aromatic heterocycles. The highest BCUT2D eigenvalue weighted by Gasteiger charge is 1.88. The Balaban J connectivity index is 0.000000371. The fourth-order valence-corrected chi connectivity index (χ4v) is 0.460. The quantitative estimate of drug-likeness (QED) is 0.488. The number of hydrogen-bond donors (Lipinski definition) is 0. The summed E-state index contributed by atoms with van der Waals surface area (Å²) in [6.45, 7) is 6.00. The Morgan fingerprint density at radius 1 is 1.00 bits per heavy atom. The first-order valence-electron chi connectivity index (χ1n) is 2.70. The van der Waals surface area contributed by atoms with Gasteiger partial charge in [-0.15, -0.1) is 13.2 Å². The van der Waals surface area contributed by atoms with E-state index in [4.69, 9.17) is 0 Å². The van der Waals surface area contributed by atoms with Gasteiger partial charge in [-0.05, 0) is 12.1 Å². The topological polar surface area (TPSA) is 0 Å². The third-order valence-electron chi connectivity index (χ3n) is 0.787. The monoisotopic (exact) mass is 142 g/mol. The summed E-state index contributed by atoms with van der Waals surface area (Å²) >= 11 is 0. The van der Waals surface area contributed by atoms with E-state index >= 15 is 0 Å². The second kappa shape index (κ2) is 4.68. The van der Waals surface area contributed by atoms with Crippen LogP contribution in [0.15, 0.2) is 37.4 Å². The summed E-state index contributed by atoms with van der Waals surface area (Å²) in [6.07, 6.45) is 0. The van der Waals surface area contributed by atoms with Gasteiger partial charge in [-0.25, -0.2) is 8.78 Å². The molecule has 0 aliphatic rings. The molecule has 0 amide bonds.